The maximum atomic E-state index is 13.2. The van der Waals surface area contributed by atoms with E-state index in [1.54, 1.807) is 13.4 Å². The van der Waals surface area contributed by atoms with Gasteiger partial charge in [-0.2, -0.15) is 0 Å². The van der Waals surface area contributed by atoms with Crippen LogP contribution in [-0.4, -0.2) is 19.7 Å². The minimum Gasteiger partial charge on any atom is -0.496 e. The predicted molar refractivity (Wildman–Crippen MR) is 130 cm³/mol. The lowest BCUT2D eigenvalue weighted by Gasteiger charge is -2.32. The Morgan fingerprint density at radius 2 is 1.94 bits per heavy atom. The van der Waals surface area contributed by atoms with E-state index in [0.717, 1.165) is 51.8 Å². The fourth-order valence-electron chi connectivity index (χ4n) is 5.47. The Morgan fingerprint density at radius 3 is 2.67 bits per heavy atom. The molecule has 0 N–H and O–H groups in total. The number of rotatable bonds is 5. The van der Waals surface area contributed by atoms with Crippen molar-refractivity contribution in [2.45, 2.75) is 32.6 Å². The summed E-state index contributed by atoms with van der Waals surface area (Å²) < 4.78 is 16.7. The van der Waals surface area contributed by atoms with Crippen molar-refractivity contribution >= 4 is 22.8 Å². The van der Waals surface area contributed by atoms with Gasteiger partial charge in [0.25, 0.3) is 0 Å². The number of furan rings is 1. The molecule has 33 heavy (non-hydrogen) atoms. The summed E-state index contributed by atoms with van der Waals surface area (Å²) in [6.07, 6.45) is 7.81. The lowest BCUT2D eigenvalue weighted by atomic mass is 9.71. The molecule has 0 bridgehead atoms. The number of carbonyl (C=O) groups excluding carboxylic acids is 1. The zero-order valence-corrected chi connectivity index (χ0v) is 19.3. The first-order chi connectivity index (χ1) is 16.1. The van der Waals surface area contributed by atoms with E-state index in [1.165, 1.54) is 11.1 Å². The molecule has 1 aromatic heterocycles. The number of carbonyl (C=O) groups is 1. The van der Waals surface area contributed by atoms with E-state index in [1.807, 2.05) is 44.2 Å². The smallest absolute Gasteiger partial charge is 0.334 e. The number of allylic oxidation sites excluding steroid dienone is 4. The lowest BCUT2D eigenvalue weighted by Crippen LogP contribution is -2.25. The van der Waals surface area contributed by atoms with Crippen LogP contribution in [0.4, 0.5) is 0 Å². The second-order valence-electron chi connectivity index (χ2n) is 8.72. The van der Waals surface area contributed by atoms with Gasteiger partial charge in [-0.1, -0.05) is 47.6 Å². The van der Waals surface area contributed by atoms with Crippen molar-refractivity contribution in [3.05, 3.63) is 94.5 Å². The van der Waals surface area contributed by atoms with Crippen molar-refractivity contribution in [1.29, 1.82) is 0 Å². The van der Waals surface area contributed by atoms with E-state index in [0.29, 0.717) is 6.61 Å². The van der Waals surface area contributed by atoms with Crippen LogP contribution in [-0.2, 0) is 9.53 Å². The molecule has 0 amide bonds. The first-order valence-electron chi connectivity index (χ1n) is 11.5. The third kappa shape index (κ3) is 3.80. The minimum atomic E-state index is -0.223. The topological polar surface area (TPSA) is 48.7 Å². The zero-order chi connectivity index (χ0) is 22.9. The molecule has 4 nitrogen and oxygen atoms in total. The number of hydrogen-bond donors (Lipinski definition) is 0. The normalized spacial score (nSPS) is 21.3. The van der Waals surface area contributed by atoms with Gasteiger partial charge in [-0.3, -0.25) is 0 Å². The maximum absolute atomic E-state index is 13.2. The third-order valence-corrected chi connectivity index (χ3v) is 6.79. The first-order valence-corrected chi connectivity index (χ1v) is 11.5. The number of methoxy groups -OCH3 is 1. The highest BCUT2D eigenvalue weighted by molar-refractivity contribution is 5.97. The standard InChI is InChI=1S/C29H28O4/c1-4-32-29(30)27-18(2)14-20-15-19(16-21-8-7-13-33-21)17-25(20)28(27)24-11-12-26(31-3)23-10-6-5-9-22(23)24/h5-14,16,25,28H,4,15,17H2,1-3H3. The van der Waals surface area contributed by atoms with Crippen LogP contribution < -0.4 is 4.74 Å². The van der Waals surface area contributed by atoms with Crippen molar-refractivity contribution in [2.75, 3.05) is 13.7 Å². The van der Waals surface area contributed by atoms with Crippen molar-refractivity contribution in [2.24, 2.45) is 5.92 Å². The molecule has 0 radical (unpaired) electrons. The maximum Gasteiger partial charge on any atom is 0.334 e. The largest absolute Gasteiger partial charge is 0.496 e. The number of fused-ring (bicyclic) bond motifs is 2. The fourth-order valence-corrected chi connectivity index (χ4v) is 5.47. The molecule has 2 unspecified atom stereocenters. The van der Waals surface area contributed by atoms with Gasteiger partial charge in [-0.15, -0.1) is 0 Å². The van der Waals surface area contributed by atoms with E-state index in [4.69, 9.17) is 13.9 Å². The summed E-state index contributed by atoms with van der Waals surface area (Å²) in [5.74, 6) is 1.60. The average molecular weight is 441 g/mol. The van der Waals surface area contributed by atoms with Crippen molar-refractivity contribution in [1.82, 2.24) is 0 Å². The van der Waals surface area contributed by atoms with E-state index < -0.39 is 0 Å². The number of hydrogen-bond acceptors (Lipinski definition) is 4. The summed E-state index contributed by atoms with van der Waals surface area (Å²) in [5.41, 5.74) is 5.58. The summed E-state index contributed by atoms with van der Waals surface area (Å²) in [5, 5.41) is 2.17. The summed E-state index contributed by atoms with van der Waals surface area (Å²) >= 11 is 0. The minimum absolute atomic E-state index is 0.0812. The second kappa shape index (κ2) is 8.78. The highest BCUT2D eigenvalue weighted by Gasteiger charge is 2.41. The molecule has 2 aliphatic rings. The van der Waals surface area contributed by atoms with Crippen molar-refractivity contribution in [3.63, 3.8) is 0 Å². The molecule has 5 rings (SSSR count). The predicted octanol–water partition coefficient (Wildman–Crippen LogP) is 6.84. The Bertz CT molecular complexity index is 1290. The van der Waals surface area contributed by atoms with Crippen LogP contribution >= 0.6 is 0 Å². The third-order valence-electron chi connectivity index (χ3n) is 6.79. The van der Waals surface area contributed by atoms with Gasteiger partial charge in [0.1, 0.15) is 11.5 Å². The van der Waals surface area contributed by atoms with Gasteiger partial charge in [0, 0.05) is 16.9 Å². The van der Waals surface area contributed by atoms with Gasteiger partial charge < -0.3 is 13.9 Å². The average Bonchev–Trinajstić information content (AvgIpc) is 3.47. The zero-order valence-electron chi connectivity index (χ0n) is 19.3. The molecule has 4 heteroatoms. The molecule has 2 aromatic carbocycles. The number of esters is 1. The van der Waals surface area contributed by atoms with Gasteiger partial charge in [0.05, 0.1) is 20.0 Å². The molecule has 1 fully saturated rings. The Labute approximate surface area is 194 Å². The SMILES string of the molecule is CCOC(=O)C1=C(C)C=C2CC(=Cc3ccco3)CC2C1c1ccc(OC)c2ccccc12. The van der Waals surface area contributed by atoms with Crippen molar-refractivity contribution in [3.8, 4) is 5.75 Å². The van der Waals surface area contributed by atoms with Gasteiger partial charge >= 0.3 is 5.97 Å². The fraction of sp³-hybridized carbons (Fsp3) is 0.276. The Balaban J connectivity index is 1.66. The molecule has 1 saturated carbocycles. The lowest BCUT2D eigenvalue weighted by molar-refractivity contribution is -0.139. The molecule has 2 aliphatic carbocycles. The summed E-state index contributed by atoms with van der Waals surface area (Å²) in [6, 6.07) is 16.3. The quantitative estimate of drug-likeness (QED) is 0.408. The number of ether oxygens (including phenoxy) is 2. The molecule has 2 atom stereocenters. The van der Waals surface area contributed by atoms with E-state index in [-0.39, 0.29) is 17.8 Å². The van der Waals surface area contributed by atoms with Crippen LogP contribution in [0.5, 0.6) is 5.75 Å². The summed E-state index contributed by atoms with van der Waals surface area (Å²) in [4.78, 5) is 13.2. The molecular weight excluding hydrogens is 412 g/mol. The second-order valence-corrected chi connectivity index (χ2v) is 8.72. The Hall–Kier alpha value is -3.53. The molecule has 0 saturated heterocycles. The van der Waals surface area contributed by atoms with Crippen LogP contribution in [0.1, 0.15) is 43.9 Å². The molecule has 1 heterocycles. The van der Waals surface area contributed by atoms with Gasteiger partial charge in [-0.25, -0.2) is 4.79 Å². The van der Waals surface area contributed by atoms with E-state index in [9.17, 15) is 4.79 Å². The molecule has 168 valence electrons. The highest BCUT2D eigenvalue weighted by Crippen LogP contribution is 2.53. The summed E-state index contributed by atoms with van der Waals surface area (Å²) in [7, 11) is 1.69. The Kier molecular flexibility index (Phi) is 5.67. The molecule has 3 aromatic rings. The van der Waals surface area contributed by atoms with Crippen LogP contribution in [0.15, 0.2) is 87.6 Å². The molecule has 0 spiro atoms. The molecular formula is C29H28O4. The molecule has 0 aliphatic heterocycles. The van der Waals surface area contributed by atoms with Crippen LogP contribution in [0.2, 0.25) is 0 Å². The van der Waals surface area contributed by atoms with E-state index >= 15 is 0 Å². The number of benzene rings is 2. The summed E-state index contributed by atoms with van der Waals surface area (Å²) in [6.45, 7) is 4.24. The van der Waals surface area contributed by atoms with E-state index in [2.05, 4.69) is 30.4 Å². The highest BCUT2D eigenvalue weighted by atomic mass is 16.5. The van der Waals surface area contributed by atoms with Crippen LogP contribution in [0.25, 0.3) is 16.8 Å². The Morgan fingerprint density at radius 1 is 1.12 bits per heavy atom. The van der Waals surface area contributed by atoms with Crippen molar-refractivity contribution < 1.29 is 18.7 Å². The van der Waals surface area contributed by atoms with Gasteiger partial charge in [0.2, 0.25) is 0 Å². The van der Waals surface area contributed by atoms with Gasteiger partial charge in [-0.05, 0) is 73.4 Å². The van der Waals surface area contributed by atoms with Crippen LogP contribution in [0.3, 0.4) is 0 Å². The monoisotopic (exact) mass is 440 g/mol. The van der Waals surface area contributed by atoms with Crippen LogP contribution in [0, 0.1) is 5.92 Å². The first kappa shape index (κ1) is 21.3. The van der Waals surface area contributed by atoms with Gasteiger partial charge in [0.15, 0.2) is 0 Å².